The van der Waals surface area contributed by atoms with Gasteiger partial charge in [-0.15, -0.1) is 12.4 Å². The molecule has 26 heavy (non-hydrogen) atoms. The third-order valence-electron chi connectivity index (χ3n) is 4.40. The first kappa shape index (κ1) is 20.1. The monoisotopic (exact) mass is 376 g/mol. The molecule has 5 nitrogen and oxygen atoms in total. The largest absolute Gasteiger partial charge is 0.489 e. The molecular formula is C20H25ClN2O3. The number of carbonyl (C=O) groups is 1. The summed E-state index contributed by atoms with van der Waals surface area (Å²) in [7, 11) is 0. The van der Waals surface area contributed by atoms with Crippen LogP contribution in [0.3, 0.4) is 0 Å². The highest BCUT2D eigenvalue weighted by Crippen LogP contribution is 2.20. The number of carbonyl (C=O) groups excluding carboxylic acids is 1. The Morgan fingerprint density at radius 2 is 1.69 bits per heavy atom. The van der Waals surface area contributed by atoms with E-state index in [-0.39, 0.29) is 31.0 Å². The fraction of sp³-hybridized carbons (Fsp3) is 0.350. The highest BCUT2D eigenvalue weighted by Gasteiger charge is 2.27. The van der Waals surface area contributed by atoms with E-state index in [9.17, 15) is 4.79 Å². The van der Waals surface area contributed by atoms with E-state index in [2.05, 4.69) is 0 Å². The van der Waals surface area contributed by atoms with Gasteiger partial charge in [-0.2, -0.15) is 0 Å². The molecule has 0 radical (unpaired) electrons. The maximum absolute atomic E-state index is 12.2. The summed E-state index contributed by atoms with van der Waals surface area (Å²) in [6.45, 7) is 1.85. The van der Waals surface area contributed by atoms with Gasteiger partial charge < -0.3 is 20.1 Å². The summed E-state index contributed by atoms with van der Waals surface area (Å²) in [4.78, 5) is 14.1. The smallest absolute Gasteiger partial charge is 0.260 e. The molecular weight excluding hydrogens is 352 g/mol. The van der Waals surface area contributed by atoms with Gasteiger partial charge in [0.2, 0.25) is 0 Å². The molecule has 1 heterocycles. The van der Waals surface area contributed by atoms with Crippen LogP contribution in [0, 0.1) is 0 Å². The van der Waals surface area contributed by atoms with Crippen LogP contribution in [0.2, 0.25) is 0 Å². The molecule has 0 aliphatic carbocycles. The Balaban J connectivity index is 0.00000243. The summed E-state index contributed by atoms with van der Waals surface area (Å²) in [5.74, 6) is 1.42. The fourth-order valence-corrected chi connectivity index (χ4v) is 3.01. The molecule has 2 N–H and O–H groups in total. The van der Waals surface area contributed by atoms with Crippen LogP contribution in [0.1, 0.15) is 18.4 Å². The van der Waals surface area contributed by atoms with Gasteiger partial charge in [0.15, 0.2) is 6.61 Å². The molecule has 3 rings (SSSR count). The minimum Gasteiger partial charge on any atom is -0.489 e. The van der Waals surface area contributed by atoms with Crippen molar-refractivity contribution in [2.45, 2.75) is 25.5 Å². The molecule has 1 aliphatic rings. The predicted molar refractivity (Wildman–Crippen MR) is 104 cm³/mol. The zero-order chi connectivity index (χ0) is 17.5. The first-order valence-electron chi connectivity index (χ1n) is 8.65. The standard InChI is InChI=1S/C20H24N2O3.ClH/c21-13-17-7-4-12-22(17)20(23)15-25-19-10-8-18(9-11-19)24-14-16-5-2-1-3-6-16;/h1-3,5-6,8-11,17H,4,7,12-15,21H2;1H. The Hall–Kier alpha value is -2.24. The average molecular weight is 377 g/mol. The van der Waals surface area contributed by atoms with E-state index >= 15 is 0 Å². The van der Waals surface area contributed by atoms with Crippen molar-refractivity contribution in [2.75, 3.05) is 19.7 Å². The summed E-state index contributed by atoms with van der Waals surface area (Å²) in [5.41, 5.74) is 6.83. The Morgan fingerprint density at radius 1 is 1.04 bits per heavy atom. The number of nitrogens with zero attached hydrogens (tertiary/aromatic N) is 1. The van der Waals surface area contributed by atoms with Crippen LogP contribution in [-0.4, -0.2) is 36.5 Å². The van der Waals surface area contributed by atoms with Gasteiger partial charge in [0.1, 0.15) is 18.1 Å². The number of rotatable bonds is 7. The molecule has 1 aliphatic heterocycles. The Labute approximate surface area is 160 Å². The third kappa shape index (κ3) is 5.38. The molecule has 6 heteroatoms. The molecule has 1 fully saturated rings. The number of hydrogen-bond acceptors (Lipinski definition) is 4. The van der Waals surface area contributed by atoms with Gasteiger partial charge in [0.25, 0.3) is 5.91 Å². The van der Waals surface area contributed by atoms with E-state index in [1.807, 2.05) is 59.5 Å². The zero-order valence-electron chi connectivity index (χ0n) is 14.7. The summed E-state index contributed by atoms with van der Waals surface area (Å²) in [6, 6.07) is 17.5. The maximum Gasteiger partial charge on any atom is 0.260 e. The summed E-state index contributed by atoms with van der Waals surface area (Å²) in [5, 5.41) is 0. The van der Waals surface area contributed by atoms with Gasteiger partial charge in [-0.3, -0.25) is 4.79 Å². The van der Waals surface area contributed by atoms with Crippen molar-refractivity contribution in [3.05, 3.63) is 60.2 Å². The first-order valence-corrected chi connectivity index (χ1v) is 8.65. The van der Waals surface area contributed by atoms with E-state index in [1.54, 1.807) is 0 Å². The Kier molecular flexibility index (Phi) is 7.75. The van der Waals surface area contributed by atoms with Gasteiger partial charge >= 0.3 is 0 Å². The molecule has 0 saturated carbocycles. The summed E-state index contributed by atoms with van der Waals surface area (Å²) >= 11 is 0. The van der Waals surface area contributed by atoms with Crippen molar-refractivity contribution in [3.63, 3.8) is 0 Å². The van der Waals surface area contributed by atoms with E-state index in [0.29, 0.717) is 18.9 Å². The molecule has 1 amide bonds. The SMILES string of the molecule is Cl.NCC1CCCN1C(=O)COc1ccc(OCc2ccccc2)cc1. The molecule has 0 spiro atoms. The molecule has 2 aromatic carbocycles. The third-order valence-corrected chi connectivity index (χ3v) is 4.40. The highest BCUT2D eigenvalue weighted by molar-refractivity contribution is 5.85. The number of nitrogens with two attached hydrogens (primary N) is 1. The molecule has 2 aromatic rings. The second-order valence-electron chi connectivity index (χ2n) is 6.15. The van der Waals surface area contributed by atoms with Crippen molar-refractivity contribution >= 4 is 18.3 Å². The number of halogens is 1. The minimum atomic E-state index is -0.00245. The molecule has 1 atom stereocenters. The zero-order valence-corrected chi connectivity index (χ0v) is 15.5. The molecule has 0 bridgehead atoms. The fourth-order valence-electron chi connectivity index (χ4n) is 3.01. The molecule has 140 valence electrons. The lowest BCUT2D eigenvalue weighted by molar-refractivity contribution is -0.134. The van der Waals surface area contributed by atoms with Gasteiger partial charge in [-0.1, -0.05) is 30.3 Å². The lowest BCUT2D eigenvalue weighted by Crippen LogP contribution is -2.42. The number of amides is 1. The second-order valence-corrected chi connectivity index (χ2v) is 6.15. The highest BCUT2D eigenvalue weighted by atomic mass is 35.5. The van der Waals surface area contributed by atoms with Crippen molar-refractivity contribution in [3.8, 4) is 11.5 Å². The van der Waals surface area contributed by atoms with Crippen LogP contribution >= 0.6 is 12.4 Å². The Morgan fingerprint density at radius 3 is 2.35 bits per heavy atom. The summed E-state index contributed by atoms with van der Waals surface area (Å²) in [6.07, 6.45) is 2.00. The van der Waals surface area contributed by atoms with Crippen LogP contribution in [0.5, 0.6) is 11.5 Å². The van der Waals surface area contributed by atoms with E-state index in [1.165, 1.54) is 0 Å². The van der Waals surface area contributed by atoms with E-state index in [4.69, 9.17) is 15.2 Å². The first-order chi connectivity index (χ1) is 12.3. The van der Waals surface area contributed by atoms with Crippen molar-refractivity contribution in [1.29, 1.82) is 0 Å². The van der Waals surface area contributed by atoms with Crippen LogP contribution in [0.4, 0.5) is 0 Å². The van der Waals surface area contributed by atoms with Crippen molar-refractivity contribution in [2.24, 2.45) is 5.73 Å². The quantitative estimate of drug-likeness (QED) is 0.806. The van der Waals surface area contributed by atoms with E-state index < -0.39 is 0 Å². The van der Waals surface area contributed by atoms with E-state index in [0.717, 1.165) is 30.7 Å². The van der Waals surface area contributed by atoms with Gasteiger partial charge in [0, 0.05) is 19.1 Å². The maximum atomic E-state index is 12.2. The van der Waals surface area contributed by atoms with Gasteiger partial charge in [-0.05, 0) is 42.7 Å². The normalized spacial score (nSPS) is 16.0. The molecule has 0 aromatic heterocycles. The number of hydrogen-bond donors (Lipinski definition) is 1. The van der Waals surface area contributed by atoms with Crippen LogP contribution in [-0.2, 0) is 11.4 Å². The predicted octanol–water partition coefficient (Wildman–Crippen LogP) is 3.02. The summed E-state index contributed by atoms with van der Waals surface area (Å²) < 4.78 is 11.3. The lowest BCUT2D eigenvalue weighted by atomic mass is 10.2. The number of ether oxygens (including phenoxy) is 2. The minimum absolute atomic E-state index is 0. The van der Waals surface area contributed by atoms with Crippen molar-refractivity contribution in [1.82, 2.24) is 4.90 Å². The molecule has 1 saturated heterocycles. The van der Waals surface area contributed by atoms with Gasteiger partial charge in [0.05, 0.1) is 0 Å². The topological polar surface area (TPSA) is 64.8 Å². The Bertz CT molecular complexity index is 679. The number of likely N-dealkylation sites (tertiary alicyclic amines) is 1. The van der Waals surface area contributed by atoms with Crippen LogP contribution in [0.25, 0.3) is 0 Å². The number of benzene rings is 2. The second kappa shape index (κ2) is 10.0. The van der Waals surface area contributed by atoms with Crippen LogP contribution < -0.4 is 15.2 Å². The average Bonchev–Trinajstić information content (AvgIpc) is 3.15. The van der Waals surface area contributed by atoms with Crippen LogP contribution in [0.15, 0.2) is 54.6 Å². The van der Waals surface area contributed by atoms with Gasteiger partial charge in [-0.25, -0.2) is 0 Å². The lowest BCUT2D eigenvalue weighted by Gasteiger charge is -2.23. The van der Waals surface area contributed by atoms with Crippen molar-refractivity contribution < 1.29 is 14.3 Å². The molecule has 1 unspecified atom stereocenters.